The summed E-state index contributed by atoms with van der Waals surface area (Å²) in [6, 6.07) is 0.115. The predicted molar refractivity (Wildman–Crippen MR) is 75.6 cm³/mol. The first-order chi connectivity index (χ1) is 9.26. The van der Waals surface area contributed by atoms with Crippen LogP contribution in [0.1, 0.15) is 56.7 Å². The highest BCUT2D eigenvalue weighted by Gasteiger charge is 2.22. The molecule has 1 aromatic heterocycles. The number of ether oxygens (including phenoxy) is 1. The lowest BCUT2D eigenvalue weighted by atomic mass is 9.85. The van der Waals surface area contributed by atoms with E-state index < -0.39 is 0 Å². The van der Waals surface area contributed by atoms with Gasteiger partial charge in [0.25, 0.3) is 0 Å². The Bertz CT molecular complexity index is 385. The Labute approximate surface area is 115 Å². The van der Waals surface area contributed by atoms with Crippen LogP contribution in [-0.4, -0.2) is 16.9 Å². The molecule has 3 N–H and O–H groups in total. The summed E-state index contributed by atoms with van der Waals surface area (Å²) in [5.41, 5.74) is 3.96. The number of aromatic nitrogens is 2. The number of hydrazine groups is 1. The summed E-state index contributed by atoms with van der Waals surface area (Å²) in [5.74, 6) is 7.40. The van der Waals surface area contributed by atoms with Crippen molar-refractivity contribution in [2.75, 3.05) is 7.11 Å². The summed E-state index contributed by atoms with van der Waals surface area (Å²) in [6.45, 7) is 0. The molecule has 0 aliphatic heterocycles. The van der Waals surface area contributed by atoms with Crippen molar-refractivity contribution in [1.29, 1.82) is 0 Å². The monoisotopic (exact) mass is 266 g/mol. The zero-order valence-electron chi connectivity index (χ0n) is 12.1. The molecule has 1 aliphatic carbocycles. The Balaban J connectivity index is 1.97. The molecule has 0 aromatic carbocycles. The third kappa shape index (κ3) is 3.48. The molecule has 1 fully saturated rings. The second-order valence-electron chi connectivity index (χ2n) is 5.52. The third-order valence-corrected chi connectivity index (χ3v) is 4.29. The molecular weight excluding hydrogens is 240 g/mol. The summed E-state index contributed by atoms with van der Waals surface area (Å²) >= 11 is 0. The van der Waals surface area contributed by atoms with Crippen molar-refractivity contribution in [1.82, 2.24) is 15.2 Å². The highest BCUT2D eigenvalue weighted by atomic mass is 16.5. The number of hydrogen-bond donors (Lipinski definition) is 2. The van der Waals surface area contributed by atoms with Gasteiger partial charge in [0, 0.05) is 7.05 Å². The highest BCUT2D eigenvalue weighted by molar-refractivity contribution is 5.28. The fourth-order valence-electron chi connectivity index (χ4n) is 3.16. The van der Waals surface area contributed by atoms with Gasteiger partial charge in [-0.3, -0.25) is 16.0 Å². The van der Waals surface area contributed by atoms with E-state index in [-0.39, 0.29) is 6.04 Å². The van der Waals surface area contributed by atoms with Crippen LogP contribution in [0.4, 0.5) is 0 Å². The van der Waals surface area contributed by atoms with E-state index in [1.807, 2.05) is 11.7 Å². The van der Waals surface area contributed by atoms with Gasteiger partial charge in [-0.25, -0.2) is 0 Å². The summed E-state index contributed by atoms with van der Waals surface area (Å²) in [5, 5.41) is 4.25. The third-order valence-electron chi connectivity index (χ3n) is 4.29. The van der Waals surface area contributed by atoms with Crippen LogP contribution in [0, 0.1) is 5.92 Å². The quantitative estimate of drug-likeness (QED) is 0.612. The molecule has 1 saturated carbocycles. The molecule has 1 aromatic rings. The van der Waals surface area contributed by atoms with E-state index in [2.05, 4.69) is 10.5 Å². The van der Waals surface area contributed by atoms with Crippen molar-refractivity contribution in [3.8, 4) is 5.75 Å². The van der Waals surface area contributed by atoms with Crippen molar-refractivity contribution in [2.45, 2.75) is 51.0 Å². The lowest BCUT2D eigenvalue weighted by Crippen LogP contribution is -2.30. The minimum atomic E-state index is 0.115. The maximum atomic E-state index is 5.73. The number of nitrogens with one attached hydrogen (secondary N) is 1. The topological polar surface area (TPSA) is 65.1 Å². The fraction of sp³-hybridized carbons (Fsp3) is 0.786. The first-order valence-electron chi connectivity index (χ1n) is 7.28. The molecule has 0 amide bonds. The lowest BCUT2D eigenvalue weighted by Gasteiger charge is -2.24. The Morgan fingerprint density at radius 2 is 2.21 bits per heavy atom. The average Bonchev–Trinajstić information content (AvgIpc) is 2.82. The number of aryl methyl sites for hydroxylation is 1. The van der Waals surface area contributed by atoms with Crippen LogP contribution >= 0.6 is 0 Å². The lowest BCUT2D eigenvalue weighted by molar-refractivity contribution is 0.308. The maximum absolute atomic E-state index is 5.73. The van der Waals surface area contributed by atoms with Gasteiger partial charge < -0.3 is 4.74 Å². The number of methoxy groups -OCH3 is 1. The van der Waals surface area contributed by atoms with Gasteiger partial charge in [-0.1, -0.05) is 32.1 Å². The van der Waals surface area contributed by atoms with Crippen LogP contribution in [-0.2, 0) is 7.05 Å². The summed E-state index contributed by atoms with van der Waals surface area (Å²) < 4.78 is 7.21. The van der Waals surface area contributed by atoms with E-state index in [9.17, 15) is 0 Å². The molecule has 0 radical (unpaired) electrons. The van der Waals surface area contributed by atoms with E-state index in [0.717, 1.165) is 23.8 Å². The van der Waals surface area contributed by atoms with Crippen LogP contribution in [0.15, 0.2) is 6.20 Å². The molecule has 1 aliphatic rings. The predicted octanol–water partition coefficient (Wildman–Crippen LogP) is 2.29. The zero-order valence-corrected chi connectivity index (χ0v) is 12.1. The second kappa shape index (κ2) is 6.91. The number of hydrogen-bond acceptors (Lipinski definition) is 4. The van der Waals surface area contributed by atoms with E-state index >= 15 is 0 Å². The minimum Gasteiger partial charge on any atom is -0.493 e. The molecule has 1 unspecified atom stereocenters. The molecule has 5 nitrogen and oxygen atoms in total. The Morgan fingerprint density at radius 3 is 2.84 bits per heavy atom. The number of rotatable bonds is 6. The van der Waals surface area contributed by atoms with E-state index in [4.69, 9.17) is 10.6 Å². The molecule has 108 valence electrons. The van der Waals surface area contributed by atoms with E-state index in [0.29, 0.717) is 0 Å². The minimum absolute atomic E-state index is 0.115. The van der Waals surface area contributed by atoms with Crippen molar-refractivity contribution < 1.29 is 4.74 Å². The normalized spacial score (nSPS) is 18.5. The molecule has 0 saturated heterocycles. The molecular formula is C14H26N4O. The molecule has 1 heterocycles. The van der Waals surface area contributed by atoms with Crippen molar-refractivity contribution >= 4 is 0 Å². The van der Waals surface area contributed by atoms with Crippen LogP contribution in [0.25, 0.3) is 0 Å². The summed E-state index contributed by atoms with van der Waals surface area (Å²) in [6.07, 6.45) is 11.0. The zero-order chi connectivity index (χ0) is 13.7. The van der Waals surface area contributed by atoms with Crippen LogP contribution < -0.4 is 16.0 Å². The van der Waals surface area contributed by atoms with Gasteiger partial charge >= 0.3 is 0 Å². The Hall–Kier alpha value is -1.07. The standard InChI is InChI=1S/C14H26N4O/c1-18-14(13(19-2)10-16-18)12(17-15)9-8-11-6-4-3-5-7-11/h10-12,17H,3-9,15H2,1-2H3. The van der Waals surface area contributed by atoms with E-state index in [1.54, 1.807) is 13.3 Å². The van der Waals surface area contributed by atoms with Gasteiger partial charge in [-0.05, 0) is 18.8 Å². The van der Waals surface area contributed by atoms with Crippen molar-refractivity contribution in [3.05, 3.63) is 11.9 Å². The van der Waals surface area contributed by atoms with Crippen LogP contribution in [0.5, 0.6) is 5.75 Å². The molecule has 5 heteroatoms. The summed E-state index contributed by atoms with van der Waals surface area (Å²) in [7, 11) is 3.61. The molecule has 0 spiro atoms. The van der Waals surface area contributed by atoms with Gasteiger partial charge in [0.15, 0.2) is 5.75 Å². The first-order valence-corrected chi connectivity index (χ1v) is 7.28. The number of nitrogens with zero attached hydrogens (tertiary/aromatic N) is 2. The molecule has 1 atom stereocenters. The number of nitrogens with two attached hydrogens (primary N) is 1. The van der Waals surface area contributed by atoms with Gasteiger partial charge in [-0.2, -0.15) is 5.10 Å². The van der Waals surface area contributed by atoms with Crippen LogP contribution in [0.2, 0.25) is 0 Å². The molecule has 0 bridgehead atoms. The SMILES string of the molecule is COc1cnn(C)c1C(CCC1CCCCC1)NN. The largest absolute Gasteiger partial charge is 0.493 e. The van der Waals surface area contributed by atoms with Gasteiger partial charge in [-0.15, -0.1) is 0 Å². The van der Waals surface area contributed by atoms with Gasteiger partial charge in [0.2, 0.25) is 0 Å². The summed E-state index contributed by atoms with van der Waals surface area (Å²) in [4.78, 5) is 0. The molecule has 19 heavy (non-hydrogen) atoms. The van der Waals surface area contributed by atoms with Crippen molar-refractivity contribution in [3.63, 3.8) is 0 Å². The highest BCUT2D eigenvalue weighted by Crippen LogP contribution is 2.32. The first kappa shape index (κ1) is 14.3. The maximum Gasteiger partial charge on any atom is 0.161 e. The van der Waals surface area contributed by atoms with Gasteiger partial charge in [0.05, 0.1) is 25.0 Å². The van der Waals surface area contributed by atoms with Crippen molar-refractivity contribution in [2.24, 2.45) is 18.8 Å². The second-order valence-corrected chi connectivity index (χ2v) is 5.52. The Kier molecular flexibility index (Phi) is 5.22. The molecule has 2 rings (SSSR count). The van der Waals surface area contributed by atoms with Gasteiger partial charge in [0.1, 0.15) is 0 Å². The van der Waals surface area contributed by atoms with Crippen LogP contribution in [0.3, 0.4) is 0 Å². The smallest absolute Gasteiger partial charge is 0.161 e. The van der Waals surface area contributed by atoms with E-state index in [1.165, 1.54) is 38.5 Å². The average molecular weight is 266 g/mol. The fourth-order valence-corrected chi connectivity index (χ4v) is 3.16. The Morgan fingerprint density at radius 1 is 1.47 bits per heavy atom.